The summed E-state index contributed by atoms with van der Waals surface area (Å²) in [5, 5.41) is 29.5. The van der Waals surface area contributed by atoms with Gasteiger partial charge >= 0.3 is 0 Å². The number of nitrogens with one attached hydrogen (secondary N) is 2. The molecule has 0 radical (unpaired) electrons. The molecule has 0 spiro atoms. The maximum absolute atomic E-state index is 10.4. The number of ether oxygens (including phenoxy) is 1. The molecule has 1 fully saturated rings. The average Bonchev–Trinajstić information content (AvgIpc) is 2.84. The van der Waals surface area contributed by atoms with Gasteiger partial charge in [-0.05, 0) is 55.8 Å². The van der Waals surface area contributed by atoms with E-state index in [1.54, 1.807) is 37.1 Å². The van der Waals surface area contributed by atoms with Crippen LogP contribution in [0.1, 0.15) is 33.1 Å². The Morgan fingerprint density at radius 3 is 2.69 bits per heavy atom. The van der Waals surface area contributed by atoms with Crippen LogP contribution in [-0.2, 0) is 11.3 Å². The van der Waals surface area contributed by atoms with Gasteiger partial charge in [-0.15, -0.1) is 11.8 Å². The highest BCUT2D eigenvalue weighted by molar-refractivity contribution is 8.03. The van der Waals surface area contributed by atoms with Crippen LogP contribution in [0, 0.1) is 0 Å². The van der Waals surface area contributed by atoms with Crippen LogP contribution in [0.15, 0.2) is 51.2 Å². The zero-order valence-electron chi connectivity index (χ0n) is 21.4. The van der Waals surface area contributed by atoms with E-state index in [-0.39, 0.29) is 13.2 Å². The summed E-state index contributed by atoms with van der Waals surface area (Å²) < 4.78 is 7.95. The summed E-state index contributed by atoms with van der Waals surface area (Å²) in [6, 6.07) is 0.400. The van der Waals surface area contributed by atoms with E-state index in [4.69, 9.17) is 9.84 Å². The molecule has 10 heteroatoms. The van der Waals surface area contributed by atoms with Crippen molar-refractivity contribution >= 4 is 29.6 Å². The van der Waals surface area contributed by atoms with Gasteiger partial charge in [0, 0.05) is 37.8 Å². The number of likely N-dealkylation sites (tertiary alicyclic amines) is 1. The maximum Gasteiger partial charge on any atom is 0.115 e. The molecule has 0 aliphatic carbocycles. The molecule has 2 heterocycles. The summed E-state index contributed by atoms with van der Waals surface area (Å²) in [6.07, 6.45) is 11.6. The molecular formula is C25H43N5O3S2. The third kappa shape index (κ3) is 11.8. The van der Waals surface area contributed by atoms with E-state index in [0.717, 1.165) is 51.2 Å². The van der Waals surface area contributed by atoms with Gasteiger partial charge in [-0.3, -0.25) is 9.89 Å². The summed E-state index contributed by atoms with van der Waals surface area (Å²) in [4.78, 5) is 6.63. The number of nitrogens with zero attached hydrogens (tertiary/aromatic N) is 3. The van der Waals surface area contributed by atoms with Crippen molar-refractivity contribution in [3.63, 3.8) is 0 Å². The fraction of sp³-hybridized carbons (Fsp3) is 0.640. The van der Waals surface area contributed by atoms with E-state index < -0.39 is 6.10 Å². The van der Waals surface area contributed by atoms with Gasteiger partial charge in [-0.25, -0.2) is 0 Å². The van der Waals surface area contributed by atoms with Crippen LogP contribution >= 0.6 is 23.3 Å². The molecular weight excluding hydrogens is 482 g/mol. The molecule has 2 rings (SSSR count). The van der Waals surface area contributed by atoms with Crippen molar-refractivity contribution in [2.75, 3.05) is 52.2 Å². The maximum atomic E-state index is 10.4. The molecule has 0 saturated carbocycles. The first-order chi connectivity index (χ1) is 17.1. The molecule has 1 aliphatic heterocycles. The first kappa shape index (κ1) is 29.7. The monoisotopic (exact) mass is 525 g/mol. The van der Waals surface area contributed by atoms with E-state index >= 15 is 0 Å². The normalized spacial score (nSPS) is 17.9. The van der Waals surface area contributed by atoms with Crippen LogP contribution in [0.5, 0.6) is 0 Å². The Morgan fingerprint density at radius 1 is 1.31 bits per heavy atom. The Bertz CT molecular complexity index is 801. The van der Waals surface area contributed by atoms with Crippen molar-refractivity contribution in [2.24, 2.45) is 4.99 Å². The van der Waals surface area contributed by atoms with Crippen molar-refractivity contribution in [3.8, 4) is 0 Å². The molecule has 0 aromatic carbocycles. The van der Waals surface area contributed by atoms with Gasteiger partial charge in [0.2, 0.25) is 0 Å². The molecule has 1 aliphatic rings. The quantitative estimate of drug-likeness (QED) is 0.108. The van der Waals surface area contributed by atoms with E-state index in [1.165, 1.54) is 10.6 Å². The largest absolute Gasteiger partial charge is 0.491 e. The number of hydrogen-bond acceptors (Lipinski definition) is 8. The second-order valence-electron chi connectivity index (χ2n) is 8.39. The molecule has 1 unspecified atom stereocenters. The van der Waals surface area contributed by atoms with Gasteiger partial charge < -0.3 is 29.5 Å². The molecule has 8 nitrogen and oxygen atoms in total. The Hall–Kier alpha value is -1.56. The van der Waals surface area contributed by atoms with Gasteiger partial charge in [0.05, 0.1) is 24.5 Å². The molecule has 0 amide bonds. The number of thioether (sulfide) groups is 1. The van der Waals surface area contributed by atoms with Crippen molar-refractivity contribution < 1.29 is 14.9 Å². The fourth-order valence-electron chi connectivity index (χ4n) is 3.80. The molecule has 35 heavy (non-hydrogen) atoms. The molecule has 0 bridgehead atoms. The Balaban J connectivity index is 1.80. The zero-order chi connectivity index (χ0) is 25.3. The third-order valence-electron chi connectivity index (χ3n) is 5.58. The van der Waals surface area contributed by atoms with Crippen molar-refractivity contribution in [2.45, 2.75) is 51.8 Å². The first-order valence-corrected chi connectivity index (χ1v) is 14.3. The fourth-order valence-corrected chi connectivity index (χ4v) is 5.08. The van der Waals surface area contributed by atoms with Crippen LogP contribution in [0.4, 0.5) is 0 Å². The second-order valence-corrected chi connectivity index (χ2v) is 10.6. The predicted molar refractivity (Wildman–Crippen MR) is 149 cm³/mol. The second kappa shape index (κ2) is 17.8. The number of piperidine rings is 1. The number of rotatable bonds is 17. The van der Waals surface area contributed by atoms with Crippen molar-refractivity contribution in [1.82, 2.24) is 19.5 Å². The smallest absolute Gasteiger partial charge is 0.115 e. The lowest BCUT2D eigenvalue weighted by molar-refractivity contribution is 0.0702. The van der Waals surface area contributed by atoms with Crippen LogP contribution in [0.25, 0.3) is 0 Å². The number of allylic oxidation sites excluding steroid dienone is 2. The topological polar surface area (TPSA) is 94.3 Å². The first-order valence-electron chi connectivity index (χ1n) is 12.5. The number of hydrogen-bond donors (Lipinski definition) is 4. The van der Waals surface area contributed by atoms with E-state index in [0.29, 0.717) is 18.3 Å². The lowest BCUT2D eigenvalue weighted by atomic mass is 10.0. The van der Waals surface area contributed by atoms with E-state index in [9.17, 15) is 5.11 Å². The zero-order valence-corrected chi connectivity index (χ0v) is 23.0. The van der Waals surface area contributed by atoms with E-state index in [2.05, 4.69) is 43.0 Å². The highest BCUT2D eigenvalue weighted by atomic mass is 32.2. The summed E-state index contributed by atoms with van der Waals surface area (Å²) in [7, 11) is 1.78. The standard InChI is InChI=1S/C25H43N5O3S2/c1-4-7-24(8-6-14-31)33-19-23(32)16-27-22-9-11-29(12-10-22)17-21(18-30-13-15-35-30)25(34-5-2)28-20-26-3/h6-8,13,15,20,22-23,27,31-32H,4-5,9-12,14,16-19H2,1-3H3,(H,26,28)/b8-6-,24-7+,25-21-. The highest BCUT2D eigenvalue weighted by Gasteiger charge is 2.22. The Kier molecular flexibility index (Phi) is 15.1. The third-order valence-corrected chi connectivity index (χ3v) is 7.33. The minimum atomic E-state index is -0.577. The molecule has 1 aromatic heterocycles. The SMILES string of the molecule is CC/C=C(\C=C/CO)OCC(O)CNC1CCN(C/C(Cn2ccs2)=C(\NC=NC)SCC)CC1. The predicted octanol–water partition coefficient (Wildman–Crippen LogP) is 3.04. The molecule has 4 N–H and O–H groups in total. The molecule has 1 aromatic rings. The van der Waals surface area contributed by atoms with Gasteiger partial charge in [0.15, 0.2) is 0 Å². The van der Waals surface area contributed by atoms with Gasteiger partial charge in [-0.1, -0.05) is 31.5 Å². The highest BCUT2D eigenvalue weighted by Crippen LogP contribution is 2.22. The number of aromatic nitrogens is 1. The van der Waals surface area contributed by atoms with Crippen molar-refractivity contribution in [3.05, 3.63) is 46.2 Å². The van der Waals surface area contributed by atoms with Crippen molar-refractivity contribution in [1.29, 1.82) is 0 Å². The van der Waals surface area contributed by atoms with Crippen LogP contribution < -0.4 is 10.6 Å². The van der Waals surface area contributed by atoms with Crippen LogP contribution in [-0.4, -0.2) is 89.7 Å². The molecule has 1 saturated heterocycles. The number of aliphatic imine (C=N–C) groups is 1. The minimum Gasteiger partial charge on any atom is -0.491 e. The molecule has 1 atom stereocenters. The van der Waals surface area contributed by atoms with Gasteiger partial charge in [0.25, 0.3) is 0 Å². The minimum absolute atomic E-state index is 0.0268. The number of aliphatic hydroxyl groups excluding tert-OH is 2. The summed E-state index contributed by atoms with van der Waals surface area (Å²) >= 11 is 3.58. The summed E-state index contributed by atoms with van der Waals surface area (Å²) in [6.45, 7) is 8.81. The number of aliphatic hydroxyl groups is 2. The molecule has 198 valence electrons. The summed E-state index contributed by atoms with van der Waals surface area (Å²) in [5.74, 6) is 1.70. The van der Waals surface area contributed by atoms with Crippen LogP contribution in [0.2, 0.25) is 0 Å². The van der Waals surface area contributed by atoms with E-state index in [1.807, 2.05) is 24.8 Å². The lowest BCUT2D eigenvalue weighted by Crippen LogP contribution is -2.45. The lowest BCUT2D eigenvalue weighted by Gasteiger charge is -2.34. The Labute approximate surface area is 219 Å². The average molecular weight is 526 g/mol. The summed E-state index contributed by atoms with van der Waals surface area (Å²) in [5.41, 5.74) is 1.39. The Morgan fingerprint density at radius 2 is 2.09 bits per heavy atom. The van der Waals surface area contributed by atoms with Gasteiger partial charge in [-0.2, -0.15) is 0 Å². The van der Waals surface area contributed by atoms with Crippen LogP contribution in [0.3, 0.4) is 0 Å². The van der Waals surface area contributed by atoms with Gasteiger partial charge in [0.1, 0.15) is 18.5 Å².